The number of ether oxygens (including phenoxy) is 1. The van der Waals surface area contributed by atoms with E-state index >= 15 is 0 Å². The number of benzene rings is 4. The van der Waals surface area contributed by atoms with Crippen LogP contribution in [0.4, 0.5) is 9.18 Å². The van der Waals surface area contributed by atoms with Gasteiger partial charge in [0.1, 0.15) is 18.5 Å². The molecule has 4 aromatic carbocycles. The van der Waals surface area contributed by atoms with Gasteiger partial charge < -0.3 is 14.9 Å². The first kappa shape index (κ1) is 25.9. The standard InChI is InChI=1S/C32H23FN2O6/c33-20-15-13-19(14-16-20)17-28(31(38)41-35-29(36)25-11-5-6-12-26(25)30(35)37)34-32(39)40-18-27-23-9-3-1-7-21(23)22-8-2-4-10-24(22)27/h1-16,27-28H,17-18H2,(H,34,39)/t28-/m1/s1. The fraction of sp³-hybridized carbons (Fsp3) is 0.125. The molecule has 0 aromatic heterocycles. The van der Waals surface area contributed by atoms with Gasteiger partial charge in [0.2, 0.25) is 0 Å². The Hall–Kier alpha value is -5.31. The summed E-state index contributed by atoms with van der Waals surface area (Å²) < 4.78 is 19.1. The molecule has 3 amide bonds. The third-order valence-corrected chi connectivity index (χ3v) is 7.21. The van der Waals surface area contributed by atoms with Crippen molar-refractivity contribution >= 4 is 23.9 Å². The number of hydrogen-bond donors (Lipinski definition) is 1. The van der Waals surface area contributed by atoms with E-state index in [1.54, 1.807) is 12.1 Å². The number of hydrogen-bond acceptors (Lipinski definition) is 6. The Morgan fingerprint density at radius 1 is 0.756 bits per heavy atom. The predicted molar refractivity (Wildman–Crippen MR) is 145 cm³/mol. The van der Waals surface area contributed by atoms with Crippen LogP contribution in [0.5, 0.6) is 0 Å². The van der Waals surface area contributed by atoms with Gasteiger partial charge in [-0.05, 0) is 52.1 Å². The maximum absolute atomic E-state index is 13.5. The maximum atomic E-state index is 13.5. The minimum Gasteiger partial charge on any atom is -0.449 e. The Morgan fingerprint density at radius 3 is 1.83 bits per heavy atom. The first-order valence-electron chi connectivity index (χ1n) is 13.0. The molecule has 0 saturated heterocycles. The number of halogens is 1. The summed E-state index contributed by atoms with van der Waals surface area (Å²) in [5.41, 5.74) is 4.89. The molecule has 8 nitrogen and oxygen atoms in total. The van der Waals surface area contributed by atoms with E-state index in [0.29, 0.717) is 10.6 Å². The number of fused-ring (bicyclic) bond motifs is 4. The van der Waals surface area contributed by atoms with E-state index in [2.05, 4.69) is 5.32 Å². The molecule has 4 aromatic rings. The second kappa shape index (κ2) is 10.7. The molecule has 6 rings (SSSR count). The summed E-state index contributed by atoms with van der Waals surface area (Å²) in [6.45, 7) is 0.0105. The normalized spacial score (nSPS) is 14.2. The number of nitrogens with zero attached hydrogens (tertiary/aromatic N) is 1. The smallest absolute Gasteiger partial charge is 0.407 e. The second-order valence-corrected chi connectivity index (χ2v) is 9.71. The Labute approximate surface area is 234 Å². The number of carbonyl (C=O) groups is 4. The van der Waals surface area contributed by atoms with Crippen LogP contribution in [0, 0.1) is 5.82 Å². The van der Waals surface area contributed by atoms with Gasteiger partial charge in [0.05, 0.1) is 11.1 Å². The Bertz CT molecular complexity index is 1610. The molecule has 1 aliphatic heterocycles. The van der Waals surface area contributed by atoms with Crippen LogP contribution < -0.4 is 5.32 Å². The van der Waals surface area contributed by atoms with E-state index in [4.69, 9.17) is 9.57 Å². The van der Waals surface area contributed by atoms with E-state index in [0.717, 1.165) is 22.3 Å². The van der Waals surface area contributed by atoms with Crippen molar-refractivity contribution in [1.29, 1.82) is 0 Å². The molecule has 0 fully saturated rings. The molecule has 0 spiro atoms. The first-order chi connectivity index (χ1) is 19.9. The maximum Gasteiger partial charge on any atom is 0.407 e. The molecule has 9 heteroatoms. The lowest BCUT2D eigenvalue weighted by Gasteiger charge is -2.21. The van der Waals surface area contributed by atoms with Crippen molar-refractivity contribution in [2.45, 2.75) is 18.4 Å². The van der Waals surface area contributed by atoms with Crippen LogP contribution in [0.15, 0.2) is 97.1 Å². The van der Waals surface area contributed by atoms with Gasteiger partial charge in [-0.1, -0.05) is 77.9 Å². The molecule has 41 heavy (non-hydrogen) atoms. The van der Waals surface area contributed by atoms with E-state index in [1.807, 2.05) is 48.5 Å². The highest BCUT2D eigenvalue weighted by molar-refractivity contribution is 6.21. The number of hydroxylamine groups is 2. The highest BCUT2D eigenvalue weighted by Crippen LogP contribution is 2.44. The Balaban J connectivity index is 1.18. The third-order valence-electron chi connectivity index (χ3n) is 7.21. The van der Waals surface area contributed by atoms with Crippen LogP contribution in [0.25, 0.3) is 11.1 Å². The molecule has 0 bridgehead atoms. The summed E-state index contributed by atoms with van der Waals surface area (Å²) in [4.78, 5) is 56.8. The summed E-state index contributed by atoms with van der Waals surface area (Å²) in [6.07, 6.45) is -0.995. The first-order valence-corrected chi connectivity index (χ1v) is 13.0. The summed E-state index contributed by atoms with van der Waals surface area (Å²) in [7, 11) is 0. The van der Waals surface area contributed by atoms with Gasteiger partial charge >= 0.3 is 12.1 Å². The minimum absolute atomic E-state index is 0.0105. The zero-order chi connectivity index (χ0) is 28.5. The van der Waals surface area contributed by atoms with Crippen molar-refractivity contribution in [3.05, 3.63) is 131 Å². The van der Waals surface area contributed by atoms with Crippen molar-refractivity contribution in [3.8, 4) is 11.1 Å². The average molecular weight is 551 g/mol. The lowest BCUT2D eigenvalue weighted by molar-refractivity contribution is -0.171. The molecule has 2 aliphatic rings. The van der Waals surface area contributed by atoms with E-state index in [9.17, 15) is 23.6 Å². The average Bonchev–Trinajstić information content (AvgIpc) is 3.44. The number of amides is 3. The zero-order valence-electron chi connectivity index (χ0n) is 21.6. The molecule has 204 valence electrons. The number of carbonyl (C=O) groups excluding carboxylic acids is 4. The van der Waals surface area contributed by atoms with Gasteiger partial charge in [-0.25, -0.2) is 14.0 Å². The molecule has 0 unspecified atom stereocenters. The summed E-state index contributed by atoms with van der Waals surface area (Å²) in [6, 6.07) is 25.8. The van der Waals surface area contributed by atoms with Crippen molar-refractivity contribution in [2.75, 3.05) is 6.61 Å². The van der Waals surface area contributed by atoms with Crippen LogP contribution in [-0.2, 0) is 20.8 Å². The van der Waals surface area contributed by atoms with Crippen molar-refractivity contribution < 1.29 is 33.1 Å². The number of nitrogens with one attached hydrogen (secondary N) is 1. The molecule has 1 aliphatic carbocycles. The number of imide groups is 1. The molecule has 1 N–H and O–H groups in total. The molecule has 1 heterocycles. The second-order valence-electron chi connectivity index (χ2n) is 9.71. The highest BCUT2D eigenvalue weighted by atomic mass is 19.1. The van der Waals surface area contributed by atoms with E-state index in [-0.39, 0.29) is 30.1 Å². The summed E-state index contributed by atoms with van der Waals surface area (Å²) in [5.74, 6) is -3.31. The Morgan fingerprint density at radius 2 is 1.27 bits per heavy atom. The lowest BCUT2D eigenvalue weighted by atomic mass is 9.98. The lowest BCUT2D eigenvalue weighted by Crippen LogP contribution is -2.47. The minimum atomic E-state index is -1.35. The molecule has 1 atom stereocenters. The third kappa shape index (κ3) is 4.93. The largest absolute Gasteiger partial charge is 0.449 e. The van der Waals surface area contributed by atoms with Crippen LogP contribution in [-0.4, -0.2) is 41.6 Å². The van der Waals surface area contributed by atoms with Gasteiger partial charge in [0.25, 0.3) is 11.8 Å². The molecular formula is C32H23FN2O6. The monoisotopic (exact) mass is 550 g/mol. The van der Waals surface area contributed by atoms with Crippen LogP contribution in [0.2, 0.25) is 0 Å². The van der Waals surface area contributed by atoms with Crippen molar-refractivity contribution in [2.24, 2.45) is 0 Å². The number of alkyl carbamates (subject to hydrolysis) is 1. The topological polar surface area (TPSA) is 102 Å². The van der Waals surface area contributed by atoms with Crippen LogP contribution in [0.3, 0.4) is 0 Å². The van der Waals surface area contributed by atoms with Crippen molar-refractivity contribution in [1.82, 2.24) is 10.4 Å². The van der Waals surface area contributed by atoms with Gasteiger partial charge in [0.15, 0.2) is 0 Å². The van der Waals surface area contributed by atoms with Crippen LogP contribution in [0.1, 0.15) is 43.3 Å². The van der Waals surface area contributed by atoms with Gasteiger partial charge in [-0.2, -0.15) is 0 Å². The molecular weight excluding hydrogens is 527 g/mol. The van der Waals surface area contributed by atoms with Gasteiger partial charge in [0, 0.05) is 12.3 Å². The molecule has 0 saturated carbocycles. The quantitative estimate of drug-likeness (QED) is 0.324. The van der Waals surface area contributed by atoms with Crippen LogP contribution >= 0.6 is 0 Å². The highest BCUT2D eigenvalue weighted by Gasteiger charge is 2.40. The van der Waals surface area contributed by atoms with Gasteiger partial charge in [-0.15, -0.1) is 0 Å². The van der Waals surface area contributed by atoms with E-state index < -0.39 is 35.7 Å². The molecule has 0 radical (unpaired) electrons. The fourth-order valence-electron chi connectivity index (χ4n) is 5.24. The van der Waals surface area contributed by atoms with Gasteiger partial charge in [-0.3, -0.25) is 9.59 Å². The number of rotatable bonds is 7. The van der Waals surface area contributed by atoms with E-state index in [1.165, 1.54) is 36.4 Å². The summed E-state index contributed by atoms with van der Waals surface area (Å²) in [5, 5.41) is 2.88. The summed E-state index contributed by atoms with van der Waals surface area (Å²) >= 11 is 0. The SMILES string of the molecule is O=C(N[C@H](Cc1ccc(F)cc1)C(=O)ON1C(=O)c2ccccc2C1=O)OCC1c2ccccc2-c2ccccc21. The zero-order valence-corrected chi connectivity index (χ0v) is 21.6. The Kier molecular flexibility index (Phi) is 6.76. The predicted octanol–water partition coefficient (Wildman–Crippen LogP) is 5.03. The van der Waals surface area contributed by atoms with Crippen molar-refractivity contribution in [3.63, 3.8) is 0 Å². The fourth-order valence-corrected chi connectivity index (χ4v) is 5.24.